The van der Waals surface area contributed by atoms with Crippen LogP contribution in [0.3, 0.4) is 0 Å². The van der Waals surface area contributed by atoms with Crippen LogP contribution in [0.4, 0.5) is 0 Å². The van der Waals surface area contributed by atoms with Crippen molar-refractivity contribution in [2.75, 3.05) is 0 Å². The lowest BCUT2D eigenvalue weighted by atomic mass is 9.87. The molecule has 1 aliphatic carbocycles. The van der Waals surface area contributed by atoms with Gasteiger partial charge in [-0.25, -0.2) is 10.4 Å². The van der Waals surface area contributed by atoms with Crippen LogP contribution in [0, 0.1) is 12.8 Å². The zero-order chi connectivity index (χ0) is 15.5. The molecule has 6 heteroatoms. The molecule has 0 unspecified atom stereocenters. The summed E-state index contributed by atoms with van der Waals surface area (Å²) in [5, 5.41) is 6.90. The summed E-state index contributed by atoms with van der Waals surface area (Å²) in [6, 6.07) is 2.04. The van der Waals surface area contributed by atoms with E-state index in [0.717, 1.165) is 34.3 Å². The van der Waals surface area contributed by atoms with E-state index in [1.165, 1.54) is 23.3 Å². The van der Waals surface area contributed by atoms with Crippen LogP contribution in [0.25, 0.3) is 0 Å². The number of aryl methyl sites for hydroxylation is 2. The molecule has 1 atom stereocenters. The fourth-order valence-electron chi connectivity index (χ4n) is 2.71. The van der Waals surface area contributed by atoms with E-state index in [0.29, 0.717) is 0 Å². The maximum atomic E-state index is 12.2. The lowest BCUT2D eigenvalue weighted by Gasteiger charge is -2.19. The average molecular weight is 333 g/mol. The molecular formula is C16H19N3OS2. The average Bonchev–Trinajstić information content (AvgIpc) is 3.12. The zero-order valence-electron chi connectivity index (χ0n) is 12.8. The first-order valence-corrected chi connectivity index (χ1v) is 9.22. The van der Waals surface area contributed by atoms with Gasteiger partial charge in [0.25, 0.3) is 5.91 Å². The summed E-state index contributed by atoms with van der Waals surface area (Å²) in [7, 11) is 0. The van der Waals surface area contributed by atoms with Crippen LogP contribution in [0.2, 0.25) is 0 Å². The van der Waals surface area contributed by atoms with Crippen molar-refractivity contribution < 1.29 is 4.79 Å². The van der Waals surface area contributed by atoms with Crippen molar-refractivity contribution in [3.63, 3.8) is 0 Å². The molecule has 1 aliphatic rings. The Balaban J connectivity index is 1.63. The number of carbonyl (C=O) groups is 1. The quantitative estimate of drug-likeness (QED) is 0.683. The van der Waals surface area contributed by atoms with Crippen molar-refractivity contribution in [2.45, 2.75) is 39.5 Å². The number of thiophene rings is 1. The van der Waals surface area contributed by atoms with Gasteiger partial charge in [-0.3, -0.25) is 4.79 Å². The van der Waals surface area contributed by atoms with Gasteiger partial charge in [0, 0.05) is 10.3 Å². The van der Waals surface area contributed by atoms with E-state index in [9.17, 15) is 4.79 Å². The molecule has 4 nitrogen and oxygen atoms in total. The molecule has 22 heavy (non-hydrogen) atoms. The van der Waals surface area contributed by atoms with E-state index >= 15 is 0 Å². The molecule has 2 heterocycles. The number of thiazole rings is 1. The van der Waals surface area contributed by atoms with Gasteiger partial charge in [-0.1, -0.05) is 13.3 Å². The van der Waals surface area contributed by atoms with Gasteiger partial charge in [-0.05, 0) is 43.7 Å². The highest BCUT2D eigenvalue weighted by molar-refractivity contribution is 7.14. The summed E-state index contributed by atoms with van der Waals surface area (Å²) in [5.41, 5.74) is 4.73. The Labute approximate surface area is 138 Å². The number of hydrogen-bond donors (Lipinski definition) is 1. The van der Waals surface area contributed by atoms with Crippen molar-refractivity contribution >= 4 is 34.8 Å². The second-order valence-electron chi connectivity index (χ2n) is 5.57. The van der Waals surface area contributed by atoms with Crippen molar-refractivity contribution in [2.24, 2.45) is 11.0 Å². The van der Waals surface area contributed by atoms with Crippen LogP contribution < -0.4 is 5.43 Å². The summed E-state index contributed by atoms with van der Waals surface area (Å²) in [6.45, 7) is 4.19. The van der Waals surface area contributed by atoms with Crippen molar-refractivity contribution in [3.8, 4) is 0 Å². The Morgan fingerprint density at radius 3 is 3.18 bits per heavy atom. The van der Waals surface area contributed by atoms with Crippen molar-refractivity contribution in [1.29, 1.82) is 0 Å². The molecule has 3 rings (SSSR count). The maximum Gasteiger partial charge on any atom is 0.281 e. The molecule has 0 saturated carbocycles. The molecule has 116 valence electrons. The number of nitrogens with one attached hydrogen (secondary N) is 1. The first-order valence-electron chi connectivity index (χ1n) is 7.52. The molecule has 0 aromatic carbocycles. The minimum atomic E-state index is -0.129. The van der Waals surface area contributed by atoms with Gasteiger partial charge in [0.1, 0.15) is 0 Å². The van der Waals surface area contributed by atoms with Crippen LogP contribution in [-0.2, 0) is 12.8 Å². The van der Waals surface area contributed by atoms with Gasteiger partial charge in [0.15, 0.2) is 0 Å². The standard InChI is InChI=1S/C16H19N3OS2/c1-3-11-4-5-14-12(6-11)7-15(22-14)16(20)19-17-8-13-9-21-10(2)18-13/h7-9,11H,3-6H2,1-2H3,(H,19,20)/b17-8-/t11-/m0/s1. The van der Waals surface area contributed by atoms with E-state index in [-0.39, 0.29) is 5.91 Å². The van der Waals surface area contributed by atoms with E-state index in [2.05, 4.69) is 22.4 Å². The van der Waals surface area contributed by atoms with E-state index in [1.807, 2.05) is 18.4 Å². The first-order chi connectivity index (χ1) is 10.7. The smallest absolute Gasteiger partial charge is 0.266 e. The second kappa shape index (κ2) is 6.71. The minimum absolute atomic E-state index is 0.129. The third kappa shape index (κ3) is 3.44. The van der Waals surface area contributed by atoms with Crippen molar-refractivity contribution in [3.05, 3.63) is 37.5 Å². The number of amides is 1. The van der Waals surface area contributed by atoms with Crippen molar-refractivity contribution in [1.82, 2.24) is 10.4 Å². The highest BCUT2D eigenvalue weighted by atomic mass is 32.1. The fraction of sp³-hybridized carbons (Fsp3) is 0.438. The van der Waals surface area contributed by atoms with Crippen LogP contribution >= 0.6 is 22.7 Å². The number of rotatable bonds is 4. The number of hydrogen-bond acceptors (Lipinski definition) is 5. The molecule has 0 fully saturated rings. The molecule has 0 aliphatic heterocycles. The zero-order valence-corrected chi connectivity index (χ0v) is 14.4. The molecule has 1 N–H and O–H groups in total. The summed E-state index contributed by atoms with van der Waals surface area (Å²) in [6.07, 6.45) is 6.26. The van der Waals surface area contributed by atoms with Crippen LogP contribution in [0.15, 0.2) is 16.5 Å². The SMILES string of the molecule is CC[C@H]1CCc2sc(C(=O)N/N=C\c3csc(C)n3)cc2C1. The highest BCUT2D eigenvalue weighted by Crippen LogP contribution is 2.33. The number of carbonyl (C=O) groups excluding carboxylic acids is 1. The molecular weight excluding hydrogens is 314 g/mol. The van der Waals surface area contributed by atoms with Gasteiger partial charge in [-0.2, -0.15) is 5.10 Å². The van der Waals surface area contributed by atoms with Crippen LogP contribution in [0.5, 0.6) is 0 Å². The number of fused-ring (bicyclic) bond motifs is 1. The maximum absolute atomic E-state index is 12.2. The van der Waals surface area contributed by atoms with Crippen LogP contribution in [-0.4, -0.2) is 17.1 Å². The summed E-state index contributed by atoms with van der Waals surface area (Å²) in [4.78, 5) is 18.6. The summed E-state index contributed by atoms with van der Waals surface area (Å²) in [5.74, 6) is 0.639. The fourth-order valence-corrected chi connectivity index (χ4v) is 4.37. The Hall–Kier alpha value is -1.53. The van der Waals surface area contributed by atoms with E-state index in [4.69, 9.17) is 0 Å². The molecule has 0 radical (unpaired) electrons. The molecule has 0 spiro atoms. The Morgan fingerprint density at radius 1 is 1.59 bits per heavy atom. The predicted molar refractivity (Wildman–Crippen MR) is 92.0 cm³/mol. The Bertz CT molecular complexity index is 702. The van der Waals surface area contributed by atoms with Gasteiger partial charge < -0.3 is 0 Å². The summed E-state index contributed by atoms with van der Waals surface area (Å²) >= 11 is 3.17. The molecule has 2 aromatic rings. The van der Waals surface area contributed by atoms with Gasteiger partial charge in [0.2, 0.25) is 0 Å². The summed E-state index contributed by atoms with van der Waals surface area (Å²) < 4.78 is 0. The lowest BCUT2D eigenvalue weighted by Crippen LogP contribution is -2.16. The normalized spacial score (nSPS) is 17.6. The van der Waals surface area contributed by atoms with E-state index < -0.39 is 0 Å². The Morgan fingerprint density at radius 2 is 2.45 bits per heavy atom. The minimum Gasteiger partial charge on any atom is -0.266 e. The third-order valence-corrected chi connectivity index (χ3v) is 6.01. The van der Waals surface area contributed by atoms with Crippen LogP contribution in [0.1, 0.15) is 50.6 Å². The first kappa shape index (κ1) is 15.4. The molecule has 0 bridgehead atoms. The number of nitrogens with zero attached hydrogens (tertiary/aromatic N) is 2. The van der Waals surface area contributed by atoms with Gasteiger partial charge in [0.05, 0.1) is 21.8 Å². The largest absolute Gasteiger partial charge is 0.281 e. The number of hydrazone groups is 1. The monoisotopic (exact) mass is 333 g/mol. The van der Waals surface area contributed by atoms with E-state index in [1.54, 1.807) is 28.9 Å². The highest BCUT2D eigenvalue weighted by Gasteiger charge is 2.21. The predicted octanol–water partition coefficient (Wildman–Crippen LogP) is 3.79. The lowest BCUT2D eigenvalue weighted by molar-refractivity contribution is 0.0959. The molecule has 1 amide bonds. The number of aromatic nitrogens is 1. The van der Waals surface area contributed by atoms with Gasteiger partial charge >= 0.3 is 0 Å². The Kier molecular flexibility index (Phi) is 4.69. The van der Waals surface area contributed by atoms with Gasteiger partial charge in [-0.15, -0.1) is 22.7 Å². The molecule has 0 saturated heterocycles. The second-order valence-corrected chi connectivity index (χ2v) is 7.77. The third-order valence-electron chi connectivity index (χ3n) is 3.99. The molecule has 2 aromatic heterocycles. The topological polar surface area (TPSA) is 54.4 Å².